The summed E-state index contributed by atoms with van der Waals surface area (Å²) < 4.78 is 1.73. The molecule has 0 atom stereocenters. The summed E-state index contributed by atoms with van der Waals surface area (Å²) in [6, 6.07) is 13.6. The zero-order valence-electron chi connectivity index (χ0n) is 12.9. The summed E-state index contributed by atoms with van der Waals surface area (Å²) in [7, 11) is 0. The summed E-state index contributed by atoms with van der Waals surface area (Å²) in [5.41, 5.74) is 1.61. The van der Waals surface area contributed by atoms with Gasteiger partial charge >= 0.3 is 0 Å². The minimum Gasteiger partial charge on any atom is -0.354 e. The number of aromatic nitrogens is 1. The number of rotatable bonds is 5. The van der Waals surface area contributed by atoms with Crippen LogP contribution in [0.15, 0.2) is 52.6 Å². The molecule has 0 fully saturated rings. The summed E-state index contributed by atoms with van der Waals surface area (Å²) >= 11 is 1.57. The number of fused-ring (bicyclic) bond motifs is 1. The van der Waals surface area contributed by atoms with Crippen molar-refractivity contribution >= 4 is 28.1 Å². The van der Waals surface area contributed by atoms with Crippen LogP contribution in [0.25, 0.3) is 10.9 Å². The highest BCUT2D eigenvalue weighted by atomic mass is 32.1. The van der Waals surface area contributed by atoms with Gasteiger partial charge in [-0.25, -0.2) is 0 Å². The highest BCUT2D eigenvalue weighted by molar-refractivity contribution is 7.10. The molecule has 0 unspecified atom stereocenters. The first-order valence-corrected chi connectivity index (χ1v) is 8.41. The largest absolute Gasteiger partial charge is 0.354 e. The monoisotopic (exact) mass is 326 g/mol. The smallest absolute Gasteiger partial charge is 0.254 e. The first kappa shape index (κ1) is 15.5. The van der Waals surface area contributed by atoms with E-state index in [0.29, 0.717) is 25.1 Å². The second kappa shape index (κ2) is 6.79. The van der Waals surface area contributed by atoms with Gasteiger partial charge in [-0.3, -0.25) is 9.59 Å². The minimum atomic E-state index is -0.0162. The average molecular weight is 326 g/mol. The van der Waals surface area contributed by atoms with Crippen LogP contribution < -0.4 is 10.9 Å². The maximum absolute atomic E-state index is 12.4. The molecule has 1 amide bonds. The second-order valence-corrected chi connectivity index (χ2v) is 6.48. The SMILES string of the molecule is Cc1cc2ccccc2n(CCNC(=O)Cc2cccs2)c1=O. The topological polar surface area (TPSA) is 51.1 Å². The molecule has 3 rings (SSSR count). The maximum atomic E-state index is 12.4. The van der Waals surface area contributed by atoms with Gasteiger partial charge < -0.3 is 9.88 Å². The van der Waals surface area contributed by atoms with Crippen LogP contribution in [0, 0.1) is 6.92 Å². The lowest BCUT2D eigenvalue weighted by Crippen LogP contribution is -2.32. The van der Waals surface area contributed by atoms with Crippen molar-refractivity contribution in [3.8, 4) is 0 Å². The molecule has 118 valence electrons. The molecule has 0 saturated carbocycles. The second-order valence-electron chi connectivity index (χ2n) is 5.45. The quantitative estimate of drug-likeness (QED) is 0.784. The van der Waals surface area contributed by atoms with Gasteiger partial charge in [-0.1, -0.05) is 24.3 Å². The number of thiophene rings is 1. The Morgan fingerprint density at radius 1 is 1.22 bits per heavy atom. The Kier molecular flexibility index (Phi) is 4.57. The van der Waals surface area contributed by atoms with E-state index in [2.05, 4.69) is 5.32 Å². The summed E-state index contributed by atoms with van der Waals surface area (Å²) in [6.07, 6.45) is 0.390. The molecule has 0 bridgehead atoms. The zero-order chi connectivity index (χ0) is 16.2. The van der Waals surface area contributed by atoms with Crippen molar-refractivity contribution in [1.82, 2.24) is 9.88 Å². The molecular weight excluding hydrogens is 308 g/mol. The maximum Gasteiger partial charge on any atom is 0.254 e. The molecule has 0 aliphatic rings. The summed E-state index contributed by atoms with van der Waals surface area (Å²) in [5, 5.41) is 5.88. The van der Waals surface area contributed by atoms with Crippen LogP contribution in [0.3, 0.4) is 0 Å². The summed E-state index contributed by atoms with van der Waals surface area (Å²) in [5.74, 6) is -0.0162. The van der Waals surface area contributed by atoms with Crippen LogP contribution in [0.2, 0.25) is 0 Å². The molecule has 1 aromatic carbocycles. The van der Waals surface area contributed by atoms with Gasteiger partial charge in [-0.15, -0.1) is 11.3 Å². The number of nitrogens with one attached hydrogen (secondary N) is 1. The molecule has 3 aromatic rings. The van der Waals surface area contributed by atoms with E-state index in [1.807, 2.05) is 54.8 Å². The van der Waals surface area contributed by atoms with Gasteiger partial charge in [0.05, 0.1) is 11.9 Å². The van der Waals surface area contributed by atoms with Crippen LogP contribution in [0.1, 0.15) is 10.4 Å². The number of para-hydroxylation sites is 1. The number of aryl methyl sites for hydroxylation is 1. The molecule has 0 aliphatic heterocycles. The number of hydrogen-bond donors (Lipinski definition) is 1. The van der Waals surface area contributed by atoms with Crippen molar-refractivity contribution in [2.45, 2.75) is 19.9 Å². The predicted molar refractivity (Wildman–Crippen MR) is 94.0 cm³/mol. The molecular formula is C18H18N2O2S. The first-order chi connectivity index (χ1) is 11.1. The Labute approximate surface area is 138 Å². The van der Waals surface area contributed by atoms with Gasteiger partial charge in [0, 0.05) is 23.5 Å². The standard InChI is InChI=1S/C18H18N2O2S/c1-13-11-14-5-2-3-7-16(14)20(18(13)22)9-8-19-17(21)12-15-6-4-10-23-15/h2-7,10-11H,8-9,12H2,1H3,(H,19,21). The van der Waals surface area contributed by atoms with Gasteiger partial charge in [0.2, 0.25) is 5.91 Å². The lowest BCUT2D eigenvalue weighted by Gasteiger charge is -2.12. The average Bonchev–Trinajstić information content (AvgIpc) is 3.04. The fourth-order valence-corrected chi connectivity index (χ4v) is 3.34. The van der Waals surface area contributed by atoms with Crippen LogP contribution in [-0.2, 0) is 17.8 Å². The van der Waals surface area contributed by atoms with E-state index in [0.717, 1.165) is 15.8 Å². The van der Waals surface area contributed by atoms with Crippen LogP contribution in [-0.4, -0.2) is 17.0 Å². The third-order valence-corrected chi connectivity index (χ3v) is 4.63. The van der Waals surface area contributed by atoms with Crippen LogP contribution in [0.5, 0.6) is 0 Å². The van der Waals surface area contributed by atoms with Gasteiger partial charge in [-0.05, 0) is 35.9 Å². The van der Waals surface area contributed by atoms with Crippen molar-refractivity contribution in [2.75, 3.05) is 6.54 Å². The normalized spacial score (nSPS) is 10.8. The van der Waals surface area contributed by atoms with Crippen molar-refractivity contribution in [3.63, 3.8) is 0 Å². The lowest BCUT2D eigenvalue weighted by atomic mass is 10.1. The fourth-order valence-electron chi connectivity index (χ4n) is 2.64. The Morgan fingerprint density at radius 2 is 2.04 bits per heavy atom. The number of carbonyl (C=O) groups is 1. The van der Waals surface area contributed by atoms with Gasteiger partial charge in [0.1, 0.15) is 0 Å². The van der Waals surface area contributed by atoms with Crippen molar-refractivity contribution in [3.05, 3.63) is 68.6 Å². The molecule has 0 saturated heterocycles. The van der Waals surface area contributed by atoms with E-state index < -0.39 is 0 Å². The van der Waals surface area contributed by atoms with E-state index >= 15 is 0 Å². The zero-order valence-corrected chi connectivity index (χ0v) is 13.7. The number of nitrogens with zero attached hydrogens (tertiary/aromatic N) is 1. The fraction of sp³-hybridized carbons (Fsp3) is 0.222. The van der Waals surface area contributed by atoms with Crippen molar-refractivity contribution in [1.29, 1.82) is 0 Å². The number of hydrogen-bond acceptors (Lipinski definition) is 3. The number of pyridine rings is 1. The third kappa shape index (κ3) is 3.51. The molecule has 0 aliphatic carbocycles. The molecule has 23 heavy (non-hydrogen) atoms. The first-order valence-electron chi connectivity index (χ1n) is 7.53. The number of benzene rings is 1. The molecule has 4 nitrogen and oxygen atoms in total. The minimum absolute atomic E-state index is 0.00351. The van der Waals surface area contributed by atoms with Crippen LogP contribution in [0.4, 0.5) is 0 Å². The highest BCUT2D eigenvalue weighted by Gasteiger charge is 2.07. The molecule has 1 N–H and O–H groups in total. The van der Waals surface area contributed by atoms with E-state index in [1.165, 1.54) is 0 Å². The van der Waals surface area contributed by atoms with E-state index in [4.69, 9.17) is 0 Å². The molecule has 0 spiro atoms. The van der Waals surface area contributed by atoms with Gasteiger partial charge in [-0.2, -0.15) is 0 Å². The number of amides is 1. The Hall–Kier alpha value is -2.40. The van der Waals surface area contributed by atoms with Crippen molar-refractivity contribution < 1.29 is 4.79 Å². The van der Waals surface area contributed by atoms with E-state index in [1.54, 1.807) is 15.9 Å². The van der Waals surface area contributed by atoms with Crippen LogP contribution >= 0.6 is 11.3 Å². The Morgan fingerprint density at radius 3 is 2.83 bits per heavy atom. The Bertz CT molecular complexity index is 882. The van der Waals surface area contributed by atoms with Gasteiger partial charge in [0.15, 0.2) is 0 Å². The van der Waals surface area contributed by atoms with Crippen molar-refractivity contribution in [2.24, 2.45) is 0 Å². The molecule has 2 heterocycles. The lowest BCUT2D eigenvalue weighted by molar-refractivity contribution is -0.120. The highest BCUT2D eigenvalue weighted by Crippen LogP contribution is 2.13. The summed E-state index contributed by atoms with van der Waals surface area (Å²) in [4.78, 5) is 25.3. The van der Waals surface area contributed by atoms with E-state index in [-0.39, 0.29) is 11.5 Å². The summed E-state index contributed by atoms with van der Waals surface area (Å²) in [6.45, 7) is 2.73. The Balaban J connectivity index is 1.71. The predicted octanol–water partition coefficient (Wildman–Crippen LogP) is 2.73. The van der Waals surface area contributed by atoms with Gasteiger partial charge in [0.25, 0.3) is 5.56 Å². The molecule has 2 aromatic heterocycles. The molecule has 0 radical (unpaired) electrons. The van der Waals surface area contributed by atoms with E-state index in [9.17, 15) is 9.59 Å². The third-order valence-electron chi connectivity index (χ3n) is 3.75. The number of carbonyl (C=O) groups excluding carboxylic acids is 1. The molecule has 5 heteroatoms.